The Morgan fingerprint density at radius 2 is 2.19 bits per heavy atom. The summed E-state index contributed by atoms with van der Waals surface area (Å²) in [5, 5.41) is 13.4. The normalized spacial score (nSPS) is 21.1. The molecule has 2 rings (SSSR count). The molecule has 88 valence electrons. The zero-order valence-corrected chi connectivity index (χ0v) is 9.81. The maximum atomic E-state index is 13.6. The van der Waals surface area contributed by atoms with Crippen molar-refractivity contribution in [3.05, 3.63) is 28.6 Å². The number of phenols is 1. The van der Waals surface area contributed by atoms with Gasteiger partial charge in [0.05, 0.1) is 0 Å². The average Bonchev–Trinajstić information content (AvgIpc) is 2.28. The molecule has 1 heterocycles. The van der Waals surface area contributed by atoms with Gasteiger partial charge >= 0.3 is 0 Å². The number of rotatable bonds is 1. The number of nitrogens with one attached hydrogen (secondary N) is 1. The molecule has 1 aliphatic rings. The summed E-state index contributed by atoms with van der Waals surface area (Å²) in [6.07, 6.45) is 2.10. The molecule has 2 N–H and O–H groups in total. The van der Waals surface area contributed by atoms with Crippen molar-refractivity contribution in [3.8, 4) is 5.75 Å². The third kappa shape index (κ3) is 1.92. The Balaban J connectivity index is 2.45. The molecule has 0 amide bonds. The lowest BCUT2D eigenvalue weighted by atomic mass is 9.86. The van der Waals surface area contributed by atoms with Crippen molar-refractivity contribution in [2.75, 3.05) is 13.1 Å². The van der Waals surface area contributed by atoms with Crippen LogP contribution < -0.4 is 5.32 Å². The molecule has 0 spiro atoms. The Labute approximate surface area is 95.5 Å². The van der Waals surface area contributed by atoms with Crippen LogP contribution in [0.2, 0.25) is 0 Å². The maximum Gasteiger partial charge on any atom is 0.126 e. The molecule has 1 aromatic rings. The van der Waals surface area contributed by atoms with Gasteiger partial charge in [-0.15, -0.1) is 0 Å². The molecular weight excluding hydrogens is 205 g/mol. The standard InChI is InChI=1S/C13H18FNO/c1-8-6-11(14)9(2)12(13(8)16)10-4-3-5-15-7-10/h6,10,15-16H,3-5,7H2,1-2H3. The van der Waals surface area contributed by atoms with E-state index in [1.165, 1.54) is 6.07 Å². The zero-order valence-electron chi connectivity index (χ0n) is 9.81. The summed E-state index contributed by atoms with van der Waals surface area (Å²) in [6.45, 7) is 5.35. The topological polar surface area (TPSA) is 32.3 Å². The molecule has 16 heavy (non-hydrogen) atoms. The molecular formula is C13H18FNO. The predicted octanol–water partition coefficient (Wildman–Crippen LogP) is 2.62. The average molecular weight is 223 g/mol. The van der Waals surface area contributed by atoms with E-state index >= 15 is 0 Å². The monoisotopic (exact) mass is 223 g/mol. The number of benzene rings is 1. The lowest BCUT2D eigenvalue weighted by molar-refractivity contribution is 0.418. The van der Waals surface area contributed by atoms with Crippen molar-refractivity contribution in [1.29, 1.82) is 0 Å². The summed E-state index contributed by atoms with van der Waals surface area (Å²) >= 11 is 0. The van der Waals surface area contributed by atoms with E-state index in [9.17, 15) is 9.50 Å². The van der Waals surface area contributed by atoms with E-state index in [0.29, 0.717) is 11.1 Å². The molecule has 1 saturated heterocycles. The molecule has 0 radical (unpaired) electrons. The maximum absolute atomic E-state index is 13.6. The van der Waals surface area contributed by atoms with Crippen LogP contribution in [0.5, 0.6) is 5.75 Å². The fourth-order valence-corrected chi connectivity index (χ4v) is 2.48. The van der Waals surface area contributed by atoms with Gasteiger partial charge < -0.3 is 10.4 Å². The Bertz CT molecular complexity index is 371. The molecule has 0 saturated carbocycles. The fraction of sp³-hybridized carbons (Fsp3) is 0.538. The van der Waals surface area contributed by atoms with Gasteiger partial charge in [0, 0.05) is 18.0 Å². The van der Waals surface area contributed by atoms with Crippen LogP contribution >= 0.6 is 0 Å². The van der Waals surface area contributed by atoms with Crippen LogP contribution in [0.4, 0.5) is 4.39 Å². The largest absolute Gasteiger partial charge is 0.507 e. The number of hydrogen-bond acceptors (Lipinski definition) is 2. The first kappa shape index (κ1) is 11.4. The van der Waals surface area contributed by atoms with Crippen molar-refractivity contribution in [1.82, 2.24) is 5.32 Å². The van der Waals surface area contributed by atoms with Crippen molar-refractivity contribution >= 4 is 0 Å². The molecule has 1 atom stereocenters. The van der Waals surface area contributed by atoms with Crippen LogP contribution in [0.25, 0.3) is 0 Å². The van der Waals surface area contributed by atoms with Gasteiger partial charge in [-0.25, -0.2) is 4.39 Å². The summed E-state index contributed by atoms with van der Waals surface area (Å²) in [4.78, 5) is 0. The minimum absolute atomic E-state index is 0.212. The van der Waals surface area contributed by atoms with Crippen LogP contribution in [0.1, 0.15) is 35.4 Å². The second-order valence-corrected chi connectivity index (χ2v) is 4.61. The van der Waals surface area contributed by atoms with Gasteiger partial charge in [0.15, 0.2) is 0 Å². The highest BCUT2D eigenvalue weighted by atomic mass is 19.1. The van der Waals surface area contributed by atoms with Gasteiger partial charge in [0.1, 0.15) is 11.6 Å². The van der Waals surface area contributed by atoms with E-state index in [2.05, 4.69) is 5.32 Å². The van der Waals surface area contributed by atoms with Gasteiger partial charge in [-0.2, -0.15) is 0 Å². The smallest absolute Gasteiger partial charge is 0.126 e. The molecule has 0 bridgehead atoms. The molecule has 0 aliphatic carbocycles. The lowest BCUT2D eigenvalue weighted by Crippen LogP contribution is -2.29. The summed E-state index contributed by atoms with van der Waals surface area (Å²) < 4.78 is 13.6. The Morgan fingerprint density at radius 1 is 1.44 bits per heavy atom. The number of hydrogen-bond donors (Lipinski definition) is 2. The highest BCUT2D eigenvalue weighted by molar-refractivity contribution is 5.47. The van der Waals surface area contributed by atoms with Crippen LogP contribution in [0.3, 0.4) is 0 Å². The zero-order chi connectivity index (χ0) is 11.7. The van der Waals surface area contributed by atoms with Gasteiger partial charge in [-0.1, -0.05) is 0 Å². The van der Waals surface area contributed by atoms with E-state index in [-0.39, 0.29) is 17.5 Å². The first-order valence-corrected chi connectivity index (χ1v) is 5.80. The van der Waals surface area contributed by atoms with Gasteiger partial charge in [-0.05, 0) is 50.4 Å². The number of aryl methyl sites for hydroxylation is 1. The number of halogens is 1. The summed E-state index contributed by atoms with van der Waals surface area (Å²) in [5.74, 6) is 0.298. The third-order valence-corrected chi connectivity index (χ3v) is 3.44. The highest BCUT2D eigenvalue weighted by Gasteiger charge is 2.23. The third-order valence-electron chi connectivity index (χ3n) is 3.44. The van der Waals surface area contributed by atoms with E-state index in [4.69, 9.17) is 0 Å². The molecule has 0 aromatic heterocycles. The first-order valence-electron chi connectivity index (χ1n) is 5.80. The van der Waals surface area contributed by atoms with Gasteiger partial charge in [0.25, 0.3) is 0 Å². The van der Waals surface area contributed by atoms with Crippen molar-refractivity contribution in [2.24, 2.45) is 0 Å². The fourth-order valence-electron chi connectivity index (χ4n) is 2.48. The molecule has 1 aliphatic heterocycles. The van der Waals surface area contributed by atoms with E-state index in [1.54, 1.807) is 13.8 Å². The molecule has 1 fully saturated rings. The van der Waals surface area contributed by atoms with E-state index < -0.39 is 0 Å². The Kier molecular flexibility index (Phi) is 3.15. The van der Waals surface area contributed by atoms with Crippen LogP contribution in [-0.2, 0) is 0 Å². The quantitative estimate of drug-likeness (QED) is 0.767. The highest BCUT2D eigenvalue weighted by Crippen LogP contribution is 2.36. The summed E-state index contributed by atoms with van der Waals surface area (Å²) in [5.41, 5.74) is 2.02. The Hall–Kier alpha value is -1.09. The van der Waals surface area contributed by atoms with Crippen LogP contribution in [-0.4, -0.2) is 18.2 Å². The van der Waals surface area contributed by atoms with Crippen molar-refractivity contribution in [3.63, 3.8) is 0 Å². The minimum Gasteiger partial charge on any atom is -0.507 e. The lowest BCUT2D eigenvalue weighted by Gasteiger charge is -2.26. The number of aromatic hydroxyl groups is 1. The number of phenolic OH excluding ortho intramolecular Hbond substituents is 1. The Morgan fingerprint density at radius 3 is 2.81 bits per heavy atom. The molecule has 3 heteroatoms. The van der Waals surface area contributed by atoms with Crippen molar-refractivity contribution < 1.29 is 9.50 Å². The number of piperidine rings is 1. The predicted molar refractivity (Wildman–Crippen MR) is 62.4 cm³/mol. The summed E-state index contributed by atoms with van der Waals surface area (Å²) in [6, 6.07) is 1.41. The van der Waals surface area contributed by atoms with Crippen molar-refractivity contribution in [2.45, 2.75) is 32.6 Å². The molecule has 1 unspecified atom stereocenters. The minimum atomic E-state index is -0.212. The van der Waals surface area contributed by atoms with Crippen LogP contribution in [0.15, 0.2) is 6.07 Å². The molecule has 1 aromatic carbocycles. The van der Waals surface area contributed by atoms with E-state index in [0.717, 1.165) is 31.5 Å². The SMILES string of the molecule is Cc1cc(F)c(C)c(C2CCCNC2)c1O. The summed E-state index contributed by atoms with van der Waals surface area (Å²) in [7, 11) is 0. The van der Waals surface area contributed by atoms with Gasteiger partial charge in [-0.3, -0.25) is 0 Å². The van der Waals surface area contributed by atoms with Crippen LogP contribution in [0, 0.1) is 19.7 Å². The first-order chi connectivity index (χ1) is 7.61. The molecule has 2 nitrogen and oxygen atoms in total. The van der Waals surface area contributed by atoms with Gasteiger partial charge in [0.2, 0.25) is 0 Å². The second-order valence-electron chi connectivity index (χ2n) is 4.61. The van der Waals surface area contributed by atoms with E-state index in [1.807, 2.05) is 0 Å². The second kappa shape index (κ2) is 4.42.